The molecule has 4 rings (SSSR count). The molecule has 3 atom stereocenters. The minimum absolute atomic E-state index is 0.0490. The molecule has 2 heterocycles. The van der Waals surface area contributed by atoms with Crippen LogP contribution in [0.3, 0.4) is 0 Å². The van der Waals surface area contributed by atoms with E-state index in [1.807, 2.05) is 18.2 Å². The van der Waals surface area contributed by atoms with Crippen LogP contribution >= 0.6 is 0 Å². The third-order valence-corrected chi connectivity index (χ3v) is 4.49. The molecule has 0 aromatic heterocycles. The molecule has 0 unspecified atom stereocenters. The van der Waals surface area contributed by atoms with Crippen molar-refractivity contribution in [3.8, 4) is 11.5 Å². The van der Waals surface area contributed by atoms with Crippen molar-refractivity contribution < 1.29 is 9.13 Å². The first-order chi connectivity index (χ1) is 10.3. The van der Waals surface area contributed by atoms with Gasteiger partial charge in [-0.25, -0.2) is 4.39 Å². The van der Waals surface area contributed by atoms with Crippen LogP contribution in [-0.2, 0) is 0 Å². The smallest absolute Gasteiger partial charge is 0.132 e. The highest BCUT2D eigenvalue weighted by Crippen LogP contribution is 2.49. The van der Waals surface area contributed by atoms with Gasteiger partial charge >= 0.3 is 0 Å². The summed E-state index contributed by atoms with van der Waals surface area (Å²) in [5.74, 6) is 1.61. The predicted molar refractivity (Wildman–Crippen MR) is 79.0 cm³/mol. The molecule has 0 saturated carbocycles. The Labute approximate surface area is 122 Å². The molecule has 1 fully saturated rings. The highest BCUT2D eigenvalue weighted by atomic mass is 19.1. The number of hydrogen-bond acceptors (Lipinski definition) is 3. The van der Waals surface area contributed by atoms with Gasteiger partial charge < -0.3 is 15.8 Å². The molecule has 3 nitrogen and oxygen atoms in total. The van der Waals surface area contributed by atoms with Crippen LogP contribution in [0.25, 0.3) is 0 Å². The van der Waals surface area contributed by atoms with Gasteiger partial charge in [-0.15, -0.1) is 0 Å². The van der Waals surface area contributed by atoms with Crippen molar-refractivity contribution in [1.82, 2.24) is 5.32 Å². The highest BCUT2D eigenvalue weighted by molar-refractivity contribution is 5.50. The molecule has 0 amide bonds. The summed E-state index contributed by atoms with van der Waals surface area (Å²) < 4.78 is 19.7. The molecule has 4 heteroatoms. The zero-order chi connectivity index (χ0) is 14.4. The Kier molecular flexibility index (Phi) is 2.94. The van der Waals surface area contributed by atoms with Crippen LogP contribution in [0.2, 0.25) is 0 Å². The fraction of sp³-hybridized carbons (Fsp3) is 0.294. The molecule has 2 aromatic rings. The molecular weight excluding hydrogens is 267 g/mol. The molecule has 108 valence electrons. The number of nitrogens with two attached hydrogens (primary N) is 1. The van der Waals surface area contributed by atoms with Crippen LogP contribution in [0.1, 0.15) is 29.5 Å². The molecule has 1 saturated heterocycles. The molecule has 0 aliphatic carbocycles. The first-order valence-electron chi connectivity index (χ1n) is 7.28. The lowest BCUT2D eigenvalue weighted by Crippen LogP contribution is -2.31. The van der Waals surface area contributed by atoms with Gasteiger partial charge in [0.25, 0.3) is 0 Å². The second-order valence-corrected chi connectivity index (χ2v) is 5.74. The van der Waals surface area contributed by atoms with E-state index in [2.05, 4.69) is 11.4 Å². The number of para-hydroxylation sites is 1. The maximum Gasteiger partial charge on any atom is 0.132 e. The lowest BCUT2D eigenvalue weighted by atomic mass is 9.87. The first kappa shape index (κ1) is 12.8. The number of benzene rings is 2. The summed E-state index contributed by atoms with van der Waals surface area (Å²) in [7, 11) is 0. The molecule has 0 bridgehead atoms. The number of nitrogens with one attached hydrogen (secondary N) is 1. The van der Waals surface area contributed by atoms with Crippen molar-refractivity contribution in [2.45, 2.75) is 24.4 Å². The zero-order valence-corrected chi connectivity index (χ0v) is 11.6. The van der Waals surface area contributed by atoms with Crippen molar-refractivity contribution in [2.24, 2.45) is 5.73 Å². The van der Waals surface area contributed by atoms with Crippen molar-refractivity contribution in [3.63, 3.8) is 0 Å². The Morgan fingerprint density at radius 1 is 1.14 bits per heavy atom. The van der Waals surface area contributed by atoms with E-state index in [9.17, 15) is 4.39 Å². The molecule has 3 N–H and O–H groups in total. The van der Waals surface area contributed by atoms with Gasteiger partial charge in [-0.2, -0.15) is 0 Å². The van der Waals surface area contributed by atoms with Gasteiger partial charge in [0, 0.05) is 30.1 Å². The summed E-state index contributed by atoms with van der Waals surface area (Å²) in [6.45, 7) is 0.584. The zero-order valence-electron chi connectivity index (χ0n) is 11.6. The Morgan fingerprint density at radius 2 is 1.95 bits per heavy atom. The summed E-state index contributed by atoms with van der Waals surface area (Å²) in [4.78, 5) is 0. The van der Waals surface area contributed by atoms with Gasteiger partial charge in [0.2, 0.25) is 0 Å². The minimum Gasteiger partial charge on any atom is -0.457 e. The second-order valence-electron chi connectivity index (χ2n) is 5.74. The van der Waals surface area contributed by atoms with E-state index in [-0.39, 0.29) is 23.8 Å². The maximum atomic E-state index is 13.7. The topological polar surface area (TPSA) is 47.3 Å². The van der Waals surface area contributed by atoms with Gasteiger partial charge in [-0.1, -0.05) is 18.2 Å². The minimum atomic E-state index is -0.236. The standard InChI is InChI=1S/C17H17FN2O/c18-10-5-6-16-14(7-10)17-13(8-11(9-19)20-17)12-3-1-2-4-15(12)21-16/h1-7,11,13,17,20H,8-9,19H2/t11-,13-,17+/m1/s1. The fourth-order valence-corrected chi connectivity index (χ4v) is 3.51. The Hall–Kier alpha value is -1.91. The lowest BCUT2D eigenvalue weighted by molar-refractivity contribution is 0.468. The summed E-state index contributed by atoms with van der Waals surface area (Å²) in [5, 5.41) is 3.54. The SMILES string of the molecule is NC[C@H]1C[C@@H]2c3ccccc3Oc3ccc(F)cc3[C@H]2N1. The highest BCUT2D eigenvalue weighted by Gasteiger charge is 2.39. The Bertz CT molecular complexity index is 688. The van der Waals surface area contributed by atoms with Crippen LogP contribution < -0.4 is 15.8 Å². The number of ether oxygens (including phenoxy) is 1. The van der Waals surface area contributed by atoms with Crippen LogP contribution in [0.5, 0.6) is 11.5 Å². The third-order valence-electron chi connectivity index (χ3n) is 4.49. The van der Waals surface area contributed by atoms with Gasteiger partial charge in [-0.05, 0) is 36.2 Å². The van der Waals surface area contributed by atoms with Crippen LogP contribution in [0, 0.1) is 5.82 Å². The van der Waals surface area contributed by atoms with Gasteiger partial charge in [0.05, 0.1) is 0 Å². The summed E-state index contributed by atoms with van der Waals surface area (Å²) in [6, 6.07) is 13.1. The summed E-state index contributed by atoms with van der Waals surface area (Å²) in [5.41, 5.74) is 7.88. The van der Waals surface area contributed by atoms with E-state index < -0.39 is 0 Å². The molecule has 0 radical (unpaired) electrons. The molecule has 2 aromatic carbocycles. The van der Waals surface area contributed by atoms with Crippen molar-refractivity contribution in [1.29, 1.82) is 0 Å². The lowest BCUT2D eigenvalue weighted by Gasteiger charge is -2.18. The van der Waals surface area contributed by atoms with Gasteiger partial charge in [-0.3, -0.25) is 0 Å². The van der Waals surface area contributed by atoms with E-state index in [1.54, 1.807) is 12.1 Å². The van der Waals surface area contributed by atoms with Crippen molar-refractivity contribution >= 4 is 0 Å². The average molecular weight is 284 g/mol. The van der Waals surface area contributed by atoms with E-state index in [0.717, 1.165) is 23.5 Å². The quantitative estimate of drug-likeness (QED) is 0.846. The van der Waals surface area contributed by atoms with Gasteiger partial charge in [0.15, 0.2) is 0 Å². The summed E-state index contributed by atoms with van der Waals surface area (Å²) in [6.07, 6.45) is 0.942. The van der Waals surface area contributed by atoms with Crippen LogP contribution in [-0.4, -0.2) is 12.6 Å². The Morgan fingerprint density at radius 3 is 2.81 bits per heavy atom. The van der Waals surface area contributed by atoms with Crippen molar-refractivity contribution in [2.75, 3.05) is 6.54 Å². The molecule has 21 heavy (non-hydrogen) atoms. The maximum absolute atomic E-state index is 13.7. The third kappa shape index (κ3) is 2.03. The van der Waals surface area contributed by atoms with Crippen LogP contribution in [0.4, 0.5) is 4.39 Å². The van der Waals surface area contributed by atoms with E-state index in [1.165, 1.54) is 11.6 Å². The fourth-order valence-electron chi connectivity index (χ4n) is 3.51. The molecule has 2 aliphatic heterocycles. The number of fused-ring (bicyclic) bond motifs is 5. The average Bonchev–Trinajstić information content (AvgIpc) is 2.89. The molecule has 2 aliphatic rings. The van der Waals surface area contributed by atoms with Gasteiger partial charge in [0.1, 0.15) is 17.3 Å². The molecule has 0 spiro atoms. The second kappa shape index (κ2) is 4.83. The Balaban J connectivity index is 1.90. The van der Waals surface area contributed by atoms with Crippen molar-refractivity contribution in [3.05, 3.63) is 59.4 Å². The van der Waals surface area contributed by atoms with E-state index in [4.69, 9.17) is 10.5 Å². The molecular formula is C17H17FN2O. The monoisotopic (exact) mass is 284 g/mol. The largest absolute Gasteiger partial charge is 0.457 e. The predicted octanol–water partition coefficient (Wildman–Crippen LogP) is 3.08. The first-order valence-corrected chi connectivity index (χ1v) is 7.28. The normalized spacial score (nSPS) is 26.3. The number of rotatable bonds is 1. The summed E-state index contributed by atoms with van der Waals surface area (Å²) >= 11 is 0. The van der Waals surface area contributed by atoms with E-state index in [0.29, 0.717) is 6.54 Å². The van der Waals surface area contributed by atoms with E-state index >= 15 is 0 Å². The number of halogens is 1. The van der Waals surface area contributed by atoms with Crippen LogP contribution in [0.15, 0.2) is 42.5 Å². The number of hydrogen-bond donors (Lipinski definition) is 2.